The number of carbonyl (C=O) groups excluding carboxylic acids is 1. The van der Waals surface area contributed by atoms with E-state index in [1.807, 2.05) is 28.8 Å². The first-order valence-corrected chi connectivity index (χ1v) is 9.53. The highest BCUT2D eigenvalue weighted by atomic mass is 35.5. The molecule has 0 radical (unpaired) electrons. The van der Waals surface area contributed by atoms with Gasteiger partial charge in [-0.3, -0.25) is 4.79 Å². The number of amides is 1. The van der Waals surface area contributed by atoms with Gasteiger partial charge < -0.3 is 14.4 Å². The van der Waals surface area contributed by atoms with Crippen LogP contribution in [0.1, 0.15) is 22.5 Å². The monoisotopic (exact) mass is 412 g/mol. The molecule has 4 aromatic rings. The second-order valence-electron chi connectivity index (χ2n) is 6.60. The van der Waals surface area contributed by atoms with Gasteiger partial charge in [0.05, 0.1) is 27.9 Å². The lowest BCUT2D eigenvalue weighted by atomic mass is 10.0. The molecule has 0 unspecified atom stereocenters. The molecule has 0 fully saturated rings. The van der Waals surface area contributed by atoms with Crippen LogP contribution < -0.4 is 5.32 Å². The van der Waals surface area contributed by atoms with Crippen LogP contribution in [-0.4, -0.2) is 27.2 Å². The van der Waals surface area contributed by atoms with Crippen molar-refractivity contribution in [3.63, 3.8) is 0 Å². The molecule has 4 rings (SSSR count). The zero-order valence-corrected chi connectivity index (χ0v) is 16.4. The fraction of sp³-hybridized carbons (Fsp3) is 0.190. The van der Waals surface area contributed by atoms with Crippen molar-refractivity contribution in [2.45, 2.75) is 19.9 Å². The molecule has 0 aliphatic rings. The van der Waals surface area contributed by atoms with Crippen LogP contribution in [0, 0.1) is 12.7 Å². The molecule has 1 amide bonds. The maximum Gasteiger partial charge on any atom is 0.257 e. The van der Waals surface area contributed by atoms with Crippen LogP contribution in [0.3, 0.4) is 0 Å². The summed E-state index contributed by atoms with van der Waals surface area (Å²) in [6.07, 6.45) is 2.49. The number of fused-ring (bicyclic) bond motifs is 1. The fourth-order valence-corrected chi connectivity index (χ4v) is 3.51. The van der Waals surface area contributed by atoms with Gasteiger partial charge in [0.1, 0.15) is 22.8 Å². The van der Waals surface area contributed by atoms with Crippen LogP contribution in [-0.2, 0) is 6.54 Å². The van der Waals surface area contributed by atoms with E-state index in [1.54, 1.807) is 19.3 Å². The summed E-state index contributed by atoms with van der Waals surface area (Å²) < 4.78 is 21.5. The Morgan fingerprint density at radius 2 is 2.07 bits per heavy atom. The average Bonchev–Trinajstić information content (AvgIpc) is 3.29. The lowest BCUT2D eigenvalue weighted by Crippen LogP contribution is -2.26. The van der Waals surface area contributed by atoms with Crippen molar-refractivity contribution in [3.05, 3.63) is 71.0 Å². The first kappa shape index (κ1) is 19.1. The first-order chi connectivity index (χ1) is 14.1. The van der Waals surface area contributed by atoms with Crippen LogP contribution in [0.2, 0.25) is 5.02 Å². The topological polar surface area (TPSA) is 73.0 Å². The van der Waals surface area contributed by atoms with Gasteiger partial charge in [-0.25, -0.2) is 9.37 Å². The lowest BCUT2D eigenvalue weighted by molar-refractivity contribution is 0.0952. The molecule has 6 nitrogen and oxygen atoms in total. The van der Waals surface area contributed by atoms with Crippen LogP contribution >= 0.6 is 11.6 Å². The Kier molecular flexibility index (Phi) is 5.31. The summed E-state index contributed by atoms with van der Waals surface area (Å²) in [6.45, 7) is 2.74. The van der Waals surface area contributed by atoms with E-state index in [9.17, 15) is 9.18 Å². The lowest BCUT2D eigenvalue weighted by Gasteiger charge is -2.08. The van der Waals surface area contributed by atoms with Crippen LogP contribution in [0.4, 0.5) is 4.39 Å². The maximum absolute atomic E-state index is 14.3. The number of carbonyl (C=O) groups is 1. The summed E-state index contributed by atoms with van der Waals surface area (Å²) in [7, 11) is 0. The van der Waals surface area contributed by atoms with Crippen LogP contribution in [0.15, 0.2) is 53.3 Å². The summed E-state index contributed by atoms with van der Waals surface area (Å²) in [5.41, 5.74) is 2.32. The third-order valence-corrected chi connectivity index (χ3v) is 4.99. The van der Waals surface area contributed by atoms with Crippen molar-refractivity contribution in [3.8, 4) is 11.3 Å². The second-order valence-corrected chi connectivity index (χ2v) is 7.00. The molecule has 0 saturated carbocycles. The minimum Gasteiger partial charge on any atom is -0.360 e. The standard InChI is InChI=1S/C21H18ClFN4O2/c1-13-18(20(26-29-13)19-14(22)6-4-7-15(19)23)21(28)24-10-5-11-27-12-25-16-8-2-3-9-17(16)27/h2-4,6-9,12H,5,10-11H2,1H3,(H,24,28). The van der Waals surface area contributed by atoms with Crippen molar-refractivity contribution in [1.82, 2.24) is 20.0 Å². The molecule has 2 aromatic heterocycles. The summed E-state index contributed by atoms with van der Waals surface area (Å²) in [4.78, 5) is 17.1. The van der Waals surface area contributed by atoms with Crippen LogP contribution in [0.5, 0.6) is 0 Å². The van der Waals surface area contributed by atoms with Gasteiger partial charge in [0.15, 0.2) is 0 Å². The Labute approximate surface area is 171 Å². The van der Waals surface area contributed by atoms with Gasteiger partial charge in [0, 0.05) is 13.1 Å². The summed E-state index contributed by atoms with van der Waals surface area (Å²) in [5.74, 6) is -0.641. The zero-order valence-electron chi connectivity index (χ0n) is 15.7. The number of halogens is 2. The molecule has 0 spiro atoms. The summed E-state index contributed by atoms with van der Waals surface area (Å²) in [6, 6.07) is 12.2. The van der Waals surface area contributed by atoms with Gasteiger partial charge in [-0.1, -0.05) is 35.0 Å². The highest BCUT2D eigenvalue weighted by molar-refractivity contribution is 6.33. The number of imidazole rings is 1. The number of nitrogens with one attached hydrogen (secondary N) is 1. The summed E-state index contributed by atoms with van der Waals surface area (Å²) in [5, 5.41) is 6.87. The first-order valence-electron chi connectivity index (χ1n) is 9.15. The van der Waals surface area contributed by atoms with E-state index in [-0.39, 0.29) is 27.8 Å². The van der Waals surface area contributed by atoms with E-state index in [0.29, 0.717) is 25.3 Å². The Bertz CT molecular complexity index is 1160. The van der Waals surface area contributed by atoms with Gasteiger partial charge in [-0.05, 0) is 37.6 Å². The predicted molar refractivity (Wildman–Crippen MR) is 108 cm³/mol. The number of benzene rings is 2. The number of aryl methyl sites for hydroxylation is 2. The molecule has 8 heteroatoms. The smallest absolute Gasteiger partial charge is 0.257 e. The highest BCUT2D eigenvalue weighted by Crippen LogP contribution is 2.33. The maximum atomic E-state index is 14.3. The van der Waals surface area contributed by atoms with Crippen molar-refractivity contribution in [2.75, 3.05) is 6.54 Å². The molecule has 29 heavy (non-hydrogen) atoms. The van der Waals surface area contributed by atoms with Gasteiger partial charge in [0.25, 0.3) is 5.91 Å². The Morgan fingerprint density at radius 1 is 1.24 bits per heavy atom. The minimum absolute atomic E-state index is 0.0565. The Hall–Kier alpha value is -3.19. The van der Waals surface area contributed by atoms with Gasteiger partial charge in [0.2, 0.25) is 0 Å². The van der Waals surface area contributed by atoms with Gasteiger partial charge in [-0.2, -0.15) is 0 Å². The number of rotatable bonds is 6. The molecule has 148 valence electrons. The number of hydrogen-bond acceptors (Lipinski definition) is 4. The fourth-order valence-electron chi connectivity index (χ4n) is 3.26. The molecule has 2 heterocycles. The Balaban J connectivity index is 1.45. The molecule has 1 N–H and O–H groups in total. The molecular weight excluding hydrogens is 395 g/mol. The van der Waals surface area contributed by atoms with Crippen molar-refractivity contribution in [2.24, 2.45) is 0 Å². The third kappa shape index (κ3) is 3.73. The number of nitrogens with zero attached hydrogens (tertiary/aromatic N) is 3. The Morgan fingerprint density at radius 3 is 2.90 bits per heavy atom. The number of aromatic nitrogens is 3. The molecule has 0 atom stereocenters. The van der Waals surface area contributed by atoms with E-state index in [1.165, 1.54) is 12.1 Å². The molecular formula is C21H18ClFN4O2. The molecule has 2 aromatic carbocycles. The molecule has 0 aliphatic carbocycles. The van der Waals surface area contributed by atoms with Crippen molar-refractivity contribution in [1.29, 1.82) is 0 Å². The van der Waals surface area contributed by atoms with E-state index in [0.717, 1.165) is 11.0 Å². The highest BCUT2D eigenvalue weighted by Gasteiger charge is 2.25. The van der Waals surface area contributed by atoms with Gasteiger partial charge in [-0.15, -0.1) is 0 Å². The SMILES string of the molecule is Cc1onc(-c2c(F)cccc2Cl)c1C(=O)NCCCn1cnc2ccccc21. The van der Waals surface area contributed by atoms with Gasteiger partial charge >= 0.3 is 0 Å². The molecule has 0 saturated heterocycles. The number of para-hydroxylation sites is 2. The third-order valence-electron chi connectivity index (χ3n) is 4.68. The van der Waals surface area contributed by atoms with E-state index in [4.69, 9.17) is 16.1 Å². The molecule has 0 bridgehead atoms. The van der Waals surface area contributed by atoms with Crippen molar-refractivity contribution < 1.29 is 13.7 Å². The largest absolute Gasteiger partial charge is 0.360 e. The minimum atomic E-state index is -0.563. The number of hydrogen-bond donors (Lipinski definition) is 1. The summed E-state index contributed by atoms with van der Waals surface area (Å²) >= 11 is 6.12. The molecule has 0 aliphatic heterocycles. The second kappa shape index (κ2) is 8.05. The zero-order chi connectivity index (χ0) is 20.4. The van der Waals surface area contributed by atoms with E-state index >= 15 is 0 Å². The van der Waals surface area contributed by atoms with E-state index in [2.05, 4.69) is 15.5 Å². The van der Waals surface area contributed by atoms with Crippen LogP contribution in [0.25, 0.3) is 22.3 Å². The predicted octanol–water partition coefficient (Wildman–Crippen LogP) is 4.61. The normalized spacial score (nSPS) is 11.1. The van der Waals surface area contributed by atoms with Crippen molar-refractivity contribution >= 4 is 28.5 Å². The van der Waals surface area contributed by atoms with E-state index < -0.39 is 5.82 Å². The average molecular weight is 413 g/mol. The quantitative estimate of drug-likeness (QED) is 0.469.